The largest absolute Gasteiger partial charge is 0.488 e. The molecule has 0 fully saturated rings. The first kappa shape index (κ1) is 20.3. The lowest BCUT2D eigenvalue weighted by Crippen LogP contribution is -2.05. The van der Waals surface area contributed by atoms with Crippen molar-refractivity contribution in [3.63, 3.8) is 0 Å². The smallest absolute Gasteiger partial charge is 0.131 e. The molecule has 0 spiro atoms. The Morgan fingerprint density at radius 2 is 1.78 bits per heavy atom. The zero-order valence-corrected chi connectivity index (χ0v) is 17.8. The predicted octanol–water partition coefficient (Wildman–Crippen LogP) is 7.74. The molecule has 0 saturated heterocycles. The first-order valence-electron chi connectivity index (χ1n) is 7.97. The minimum atomic E-state index is -0.398. The van der Waals surface area contributed by atoms with Crippen LogP contribution in [-0.4, -0.2) is 0 Å². The van der Waals surface area contributed by atoms with Gasteiger partial charge in [0, 0.05) is 27.2 Å². The van der Waals surface area contributed by atoms with E-state index in [-0.39, 0.29) is 6.61 Å². The van der Waals surface area contributed by atoms with E-state index < -0.39 is 5.82 Å². The minimum absolute atomic E-state index is 0.0259. The molecule has 0 saturated carbocycles. The van der Waals surface area contributed by atoms with Crippen LogP contribution in [0.25, 0.3) is 0 Å². The molecule has 0 bridgehead atoms. The Morgan fingerprint density at radius 3 is 2.56 bits per heavy atom. The molecule has 7 heteroatoms. The molecule has 0 aliphatic rings. The molecule has 3 rings (SSSR count). The van der Waals surface area contributed by atoms with Crippen molar-refractivity contribution >= 4 is 56.4 Å². The molecule has 2 nitrogen and oxygen atoms in total. The fourth-order valence-corrected chi connectivity index (χ4v) is 3.45. The molecule has 0 aliphatic heterocycles. The maximum Gasteiger partial charge on any atom is 0.131 e. The van der Waals surface area contributed by atoms with Crippen molar-refractivity contribution in [1.82, 2.24) is 0 Å². The van der Waals surface area contributed by atoms with E-state index in [0.717, 1.165) is 10.0 Å². The maximum atomic E-state index is 14.0. The van der Waals surface area contributed by atoms with Gasteiger partial charge in [-0.05, 0) is 48.5 Å². The highest BCUT2D eigenvalue weighted by atomic mass is 79.9. The van der Waals surface area contributed by atoms with E-state index in [0.29, 0.717) is 38.6 Å². The van der Waals surface area contributed by atoms with Crippen LogP contribution in [0.2, 0.25) is 15.1 Å². The molecular weight excluding hydrogens is 475 g/mol. The van der Waals surface area contributed by atoms with Crippen molar-refractivity contribution < 1.29 is 9.13 Å². The first-order valence-corrected chi connectivity index (χ1v) is 9.90. The second-order valence-corrected chi connectivity index (χ2v) is 7.89. The lowest BCUT2D eigenvalue weighted by molar-refractivity contribution is 0.297. The molecule has 1 N–H and O–H groups in total. The third-order valence-electron chi connectivity index (χ3n) is 3.85. The zero-order valence-electron chi connectivity index (χ0n) is 13.9. The van der Waals surface area contributed by atoms with Gasteiger partial charge in [-0.1, -0.05) is 56.8 Å². The normalized spacial score (nSPS) is 10.7. The number of anilines is 1. The lowest BCUT2D eigenvalue weighted by Gasteiger charge is -2.15. The number of ether oxygens (including phenoxy) is 1. The average molecular weight is 490 g/mol. The predicted molar refractivity (Wildman–Crippen MR) is 114 cm³/mol. The number of rotatable bonds is 6. The van der Waals surface area contributed by atoms with Crippen LogP contribution in [-0.2, 0) is 13.2 Å². The van der Waals surface area contributed by atoms with Crippen molar-refractivity contribution in [3.05, 3.63) is 91.1 Å². The van der Waals surface area contributed by atoms with E-state index in [2.05, 4.69) is 21.2 Å². The van der Waals surface area contributed by atoms with Gasteiger partial charge >= 0.3 is 0 Å². The highest BCUT2D eigenvalue weighted by molar-refractivity contribution is 9.10. The molecular formula is C20H14BrCl3FNO. The summed E-state index contributed by atoms with van der Waals surface area (Å²) in [6.45, 7) is 0.470. The highest BCUT2D eigenvalue weighted by Gasteiger charge is 2.11. The zero-order chi connectivity index (χ0) is 19.4. The monoisotopic (exact) mass is 487 g/mol. The van der Waals surface area contributed by atoms with Gasteiger partial charge in [-0.3, -0.25) is 0 Å². The molecule has 0 atom stereocenters. The Labute approximate surface area is 180 Å². The van der Waals surface area contributed by atoms with Gasteiger partial charge in [-0.2, -0.15) is 0 Å². The fourth-order valence-electron chi connectivity index (χ4n) is 2.47. The van der Waals surface area contributed by atoms with Crippen LogP contribution in [0.4, 0.5) is 10.1 Å². The van der Waals surface area contributed by atoms with Crippen molar-refractivity contribution in [1.29, 1.82) is 0 Å². The average Bonchev–Trinajstić information content (AvgIpc) is 2.63. The molecule has 0 radical (unpaired) electrons. The molecule has 3 aromatic rings. The van der Waals surface area contributed by atoms with Gasteiger partial charge < -0.3 is 10.1 Å². The van der Waals surface area contributed by atoms with Crippen LogP contribution in [0.1, 0.15) is 11.1 Å². The number of hydrogen-bond acceptors (Lipinski definition) is 2. The molecule has 0 unspecified atom stereocenters. The van der Waals surface area contributed by atoms with Crippen molar-refractivity contribution in [2.45, 2.75) is 13.2 Å². The molecule has 0 aliphatic carbocycles. The van der Waals surface area contributed by atoms with Gasteiger partial charge in [0.05, 0.1) is 15.7 Å². The summed E-state index contributed by atoms with van der Waals surface area (Å²) in [6.07, 6.45) is 0. The summed E-state index contributed by atoms with van der Waals surface area (Å²) < 4.78 is 20.7. The van der Waals surface area contributed by atoms with E-state index in [1.165, 1.54) is 6.07 Å². The van der Waals surface area contributed by atoms with Crippen LogP contribution in [0.3, 0.4) is 0 Å². The van der Waals surface area contributed by atoms with Crippen LogP contribution in [0, 0.1) is 5.82 Å². The Balaban J connectivity index is 1.78. The minimum Gasteiger partial charge on any atom is -0.488 e. The third-order valence-corrected chi connectivity index (χ3v) is 5.27. The molecule has 0 amide bonds. The van der Waals surface area contributed by atoms with E-state index >= 15 is 0 Å². The van der Waals surface area contributed by atoms with Crippen LogP contribution < -0.4 is 10.1 Å². The van der Waals surface area contributed by atoms with Crippen molar-refractivity contribution in [2.75, 3.05) is 5.32 Å². The van der Waals surface area contributed by atoms with Gasteiger partial charge in [0.1, 0.15) is 18.2 Å². The first-order chi connectivity index (χ1) is 12.9. The van der Waals surface area contributed by atoms with Crippen molar-refractivity contribution in [3.8, 4) is 5.75 Å². The topological polar surface area (TPSA) is 21.3 Å². The van der Waals surface area contributed by atoms with Gasteiger partial charge in [-0.25, -0.2) is 4.39 Å². The summed E-state index contributed by atoms with van der Waals surface area (Å²) in [6, 6.07) is 15.3. The SMILES string of the molecule is Fc1cccc(Cl)c1COc1ccc(Br)cc1CNc1cc(Cl)ccc1Cl. The highest BCUT2D eigenvalue weighted by Crippen LogP contribution is 2.29. The summed E-state index contributed by atoms with van der Waals surface area (Å²) in [7, 11) is 0. The molecule has 3 aromatic carbocycles. The molecule has 27 heavy (non-hydrogen) atoms. The van der Waals surface area contributed by atoms with Gasteiger partial charge in [-0.15, -0.1) is 0 Å². The summed E-state index contributed by atoms with van der Waals surface area (Å²) in [5.41, 5.74) is 1.90. The van der Waals surface area contributed by atoms with Crippen LogP contribution in [0.5, 0.6) is 5.75 Å². The van der Waals surface area contributed by atoms with Crippen LogP contribution in [0.15, 0.2) is 59.1 Å². The van der Waals surface area contributed by atoms with Crippen molar-refractivity contribution in [2.24, 2.45) is 0 Å². The third kappa shape index (κ3) is 5.29. The summed E-state index contributed by atoms with van der Waals surface area (Å²) in [5.74, 6) is 0.216. The van der Waals surface area contributed by atoms with Crippen LogP contribution >= 0.6 is 50.7 Å². The summed E-state index contributed by atoms with van der Waals surface area (Å²) in [5, 5.41) is 4.72. The maximum absolute atomic E-state index is 14.0. The second kappa shape index (κ2) is 9.16. The fraction of sp³-hybridized carbons (Fsp3) is 0.100. The quantitative estimate of drug-likeness (QED) is 0.382. The Bertz CT molecular complexity index is 948. The molecule has 0 aromatic heterocycles. The molecule has 0 heterocycles. The summed E-state index contributed by atoms with van der Waals surface area (Å²) in [4.78, 5) is 0. The Kier molecular flexibility index (Phi) is 6.88. The number of nitrogens with one attached hydrogen (secondary N) is 1. The number of halogens is 5. The van der Waals surface area contributed by atoms with Gasteiger partial charge in [0.25, 0.3) is 0 Å². The van der Waals surface area contributed by atoms with Gasteiger partial charge in [0.15, 0.2) is 0 Å². The second-order valence-electron chi connectivity index (χ2n) is 5.72. The van der Waals surface area contributed by atoms with E-state index in [4.69, 9.17) is 39.5 Å². The Morgan fingerprint density at radius 1 is 0.963 bits per heavy atom. The number of benzene rings is 3. The van der Waals surface area contributed by atoms with E-state index in [1.807, 2.05) is 18.2 Å². The van der Waals surface area contributed by atoms with E-state index in [1.54, 1.807) is 30.3 Å². The van der Waals surface area contributed by atoms with E-state index in [9.17, 15) is 4.39 Å². The Hall–Kier alpha value is -1.46. The van der Waals surface area contributed by atoms with Gasteiger partial charge in [0.2, 0.25) is 0 Å². The summed E-state index contributed by atoms with van der Waals surface area (Å²) >= 11 is 21.7. The standard InChI is InChI=1S/C20H14BrCl3FNO/c21-13-4-7-20(27-11-15-16(23)2-1-3-18(15)25)12(8-13)10-26-19-9-14(22)5-6-17(19)24/h1-9,26H,10-11H2. The number of hydrogen-bond donors (Lipinski definition) is 1. The lowest BCUT2D eigenvalue weighted by atomic mass is 10.2. The molecule has 140 valence electrons.